The van der Waals surface area contributed by atoms with Gasteiger partial charge in [-0.15, -0.1) is 11.6 Å². The molecule has 0 aromatic rings. The molecule has 0 fully saturated rings. The Bertz CT molecular complexity index is 360. The van der Waals surface area contributed by atoms with Gasteiger partial charge in [-0.05, 0) is 12.8 Å². The van der Waals surface area contributed by atoms with Crippen molar-refractivity contribution >= 4 is 27.5 Å². The van der Waals surface area contributed by atoms with Gasteiger partial charge >= 0.3 is 0 Å². The first-order valence-electron chi connectivity index (χ1n) is 6.08. The lowest BCUT2D eigenvalue weighted by molar-refractivity contribution is -0.128. The second kappa shape index (κ2) is 9.52. The number of unbranched alkanes of at least 4 members (excludes halogenated alkanes) is 1. The molecule has 0 heterocycles. The molecule has 0 atom stereocenters. The average Bonchev–Trinajstić information content (AvgIpc) is 2.33. The third-order valence-electron chi connectivity index (χ3n) is 2.53. The van der Waals surface area contributed by atoms with Crippen molar-refractivity contribution in [3.63, 3.8) is 0 Å². The summed E-state index contributed by atoms with van der Waals surface area (Å²) in [6, 6.07) is 0. The summed E-state index contributed by atoms with van der Waals surface area (Å²) in [5, 5.41) is 0. The molecule has 1 amide bonds. The Kier molecular flexibility index (Phi) is 9.34. The largest absolute Gasteiger partial charge is 0.383 e. The summed E-state index contributed by atoms with van der Waals surface area (Å²) in [5.41, 5.74) is 0. The van der Waals surface area contributed by atoms with E-state index < -0.39 is 10.0 Å². The molecule has 0 aliphatic rings. The number of hydrogen-bond acceptors (Lipinski definition) is 4. The van der Waals surface area contributed by atoms with Crippen LogP contribution in [0.2, 0.25) is 0 Å². The molecule has 0 N–H and O–H groups in total. The molecular formula is C11H23ClN2O4S. The Morgan fingerprint density at radius 3 is 2.37 bits per heavy atom. The number of alkyl halides is 1. The van der Waals surface area contributed by atoms with Crippen molar-refractivity contribution in [3.8, 4) is 0 Å². The molecular weight excluding hydrogens is 292 g/mol. The number of sulfonamides is 1. The molecule has 114 valence electrons. The van der Waals surface area contributed by atoms with Gasteiger partial charge in [-0.3, -0.25) is 4.79 Å². The van der Waals surface area contributed by atoms with E-state index in [0.29, 0.717) is 18.7 Å². The van der Waals surface area contributed by atoms with Crippen molar-refractivity contribution in [2.45, 2.75) is 12.8 Å². The van der Waals surface area contributed by atoms with Crippen molar-refractivity contribution in [1.29, 1.82) is 0 Å². The standard InChI is InChI=1S/C11H23ClN2O4S/c1-13(2)11(15)10-14(7-8-18-3)19(16,17)9-5-4-6-12/h4-10H2,1-3H3. The second-order valence-corrected chi connectivity index (χ2v) is 6.79. The van der Waals surface area contributed by atoms with Crippen LogP contribution < -0.4 is 0 Å². The first-order valence-corrected chi connectivity index (χ1v) is 8.22. The van der Waals surface area contributed by atoms with E-state index in [2.05, 4.69) is 0 Å². The highest BCUT2D eigenvalue weighted by Crippen LogP contribution is 2.06. The van der Waals surface area contributed by atoms with Crippen molar-refractivity contribution in [2.75, 3.05) is 52.5 Å². The molecule has 8 heteroatoms. The molecule has 0 spiro atoms. The van der Waals surface area contributed by atoms with E-state index in [1.165, 1.54) is 16.3 Å². The highest BCUT2D eigenvalue weighted by molar-refractivity contribution is 7.89. The first kappa shape index (κ1) is 18.6. The number of carbonyl (C=O) groups is 1. The minimum absolute atomic E-state index is 0.00411. The van der Waals surface area contributed by atoms with E-state index >= 15 is 0 Å². The van der Waals surface area contributed by atoms with Crippen LogP contribution in [0.1, 0.15) is 12.8 Å². The number of nitrogens with zero attached hydrogens (tertiary/aromatic N) is 2. The highest BCUT2D eigenvalue weighted by atomic mass is 35.5. The molecule has 0 aliphatic carbocycles. The Hall–Kier alpha value is -0.370. The van der Waals surface area contributed by atoms with Crippen LogP contribution in [0.15, 0.2) is 0 Å². The smallest absolute Gasteiger partial charge is 0.237 e. The van der Waals surface area contributed by atoms with Gasteiger partial charge in [0.05, 0.1) is 18.9 Å². The predicted molar refractivity (Wildman–Crippen MR) is 75.9 cm³/mol. The van der Waals surface area contributed by atoms with Gasteiger partial charge in [0, 0.05) is 33.6 Å². The molecule has 0 unspecified atom stereocenters. The molecule has 0 aliphatic heterocycles. The quantitative estimate of drug-likeness (QED) is 0.432. The third kappa shape index (κ3) is 7.71. The van der Waals surface area contributed by atoms with Crippen LogP contribution >= 0.6 is 11.6 Å². The van der Waals surface area contributed by atoms with Crippen LogP contribution in [0.25, 0.3) is 0 Å². The van der Waals surface area contributed by atoms with Crippen LogP contribution in [0.4, 0.5) is 0 Å². The molecule has 0 bridgehead atoms. The number of hydrogen-bond donors (Lipinski definition) is 0. The number of rotatable bonds is 10. The molecule has 0 radical (unpaired) electrons. The van der Waals surface area contributed by atoms with Crippen molar-refractivity contribution in [1.82, 2.24) is 9.21 Å². The number of ether oxygens (including phenoxy) is 1. The maximum Gasteiger partial charge on any atom is 0.237 e. The van der Waals surface area contributed by atoms with Gasteiger partial charge < -0.3 is 9.64 Å². The van der Waals surface area contributed by atoms with Crippen molar-refractivity contribution in [3.05, 3.63) is 0 Å². The van der Waals surface area contributed by atoms with Gasteiger partial charge in [-0.25, -0.2) is 8.42 Å². The minimum atomic E-state index is -3.45. The number of likely N-dealkylation sites (N-methyl/N-ethyl adjacent to an activating group) is 1. The Morgan fingerprint density at radius 1 is 1.26 bits per heavy atom. The fraction of sp³-hybridized carbons (Fsp3) is 0.909. The summed E-state index contributed by atoms with van der Waals surface area (Å²) in [7, 11) is 1.23. The average molecular weight is 315 g/mol. The van der Waals surface area contributed by atoms with E-state index in [-0.39, 0.29) is 31.4 Å². The molecule has 0 saturated heterocycles. The van der Waals surface area contributed by atoms with Crippen LogP contribution in [0.3, 0.4) is 0 Å². The summed E-state index contributed by atoms with van der Waals surface area (Å²) < 4.78 is 30.3. The molecule has 0 aromatic carbocycles. The zero-order chi connectivity index (χ0) is 14.9. The molecule has 0 rings (SSSR count). The van der Waals surface area contributed by atoms with Crippen molar-refractivity contribution < 1.29 is 17.9 Å². The van der Waals surface area contributed by atoms with Gasteiger partial charge in [0.2, 0.25) is 15.9 Å². The number of halogens is 1. The Balaban J connectivity index is 4.66. The summed E-state index contributed by atoms with van der Waals surface area (Å²) in [6.07, 6.45) is 1.13. The lowest BCUT2D eigenvalue weighted by Gasteiger charge is -2.23. The van der Waals surface area contributed by atoms with E-state index in [1.807, 2.05) is 0 Å². The zero-order valence-corrected chi connectivity index (χ0v) is 13.3. The van der Waals surface area contributed by atoms with Gasteiger partial charge in [0.25, 0.3) is 0 Å². The Morgan fingerprint density at radius 2 is 1.89 bits per heavy atom. The van der Waals surface area contributed by atoms with Crippen molar-refractivity contribution in [2.24, 2.45) is 0 Å². The Labute approximate surface area is 120 Å². The molecule has 19 heavy (non-hydrogen) atoms. The maximum atomic E-state index is 12.1. The SMILES string of the molecule is COCCN(CC(=O)N(C)C)S(=O)(=O)CCCCCl. The van der Waals surface area contributed by atoms with Gasteiger partial charge in [0.1, 0.15) is 0 Å². The summed E-state index contributed by atoms with van der Waals surface area (Å²) in [4.78, 5) is 13.0. The topological polar surface area (TPSA) is 66.9 Å². The van der Waals surface area contributed by atoms with Gasteiger partial charge in [-0.2, -0.15) is 4.31 Å². The molecule has 6 nitrogen and oxygen atoms in total. The van der Waals surface area contributed by atoms with Gasteiger partial charge in [0.15, 0.2) is 0 Å². The summed E-state index contributed by atoms with van der Waals surface area (Å²) >= 11 is 5.53. The highest BCUT2D eigenvalue weighted by Gasteiger charge is 2.24. The van der Waals surface area contributed by atoms with Crippen LogP contribution in [-0.4, -0.2) is 76.1 Å². The fourth-order valence-corrected chi connectivity index (χ4v) is 2.99. The van der Waals surface area contributed by atoms with E-state index in [4.69, 9.17) is 16.3 Å². The number of carbonyl (C=O) groups excluding carboxylic acids is 1. The lowest BCUT2D eigenvalue weighted by Crippen LogP contribution is -2.42. The predicted octanol–water partition coefficient (Wildman–Crippen LogP) is 0.372. The lowest BCUT2D eigenvalue weighted by atomic mass is 10.4. The monoisotopic (exact) mass is 314 g/mol. The van der Waals surface area contributed by atoms with E-state index in [0.717, 1.165) is 0 Å². The first-order chi connectivity index (χ1) is 8.85. The molecule has 0 aromatic heterocycles. The number of methoxy groups -OCH3 is 1. The maximum absolute atomic E-state index is 12.1. The fourth-order valence-electron chi connectivity index (χ4n) is 1.31. The molecule has 0 saturated carbocycles. The minimum Gasteiger partial charge on any atom is -0.383 e. The van der Waals surface area contributed by atoms with E-state index in [9.17, 15) is 13.2 Å². The van der Waals surface area contributed by atoms with Crippen LogP contribution in [-0.2, 0) is 19.6 Å². The zero-order valence-electron chi connectivity index (χ0n) is 11.8. The second-order valence-electron chi connectivity index (χ2n) is 4.33. The summed E-state index contributed by atoms with van der Waals surface area (Å²) in [5.74, 6) is 0.186. The van der Waals surface area contributed by atoms with E-state index in [1.54, 1.807) is 14.1 Å². The normalized spacial score (nSPS) is 11.8. The summed E-state index contributed by atoms with van der Waals surface area (Å²) in [6.45, 7) is 0.286. The number of amides is 1. The van der Waals surface area contributed by atoms with Crippen LogP contribution in [0.5, 0.6) is 0 Å². The van der Waals surface area contributed by atoms with Gasteiger partial charge in [-0.1, -0.05) is 0 Å². The third-order valence-corrected chi connectivity index (χ3v) is 4.70. The van der Waals surface area contributed by atoms with Crippen LogP contribution in [0, 0.1) is 0 Å².